The lowest BCUT2D eigenvalue weighted by Crippen LogP contribution is -2.11. The van der Waals surface area contributed by atoms with Crippen LogP contribution in [0.1, 0.15) is 23.5 Å². The molecule has 2 aromatic rings. The molecule has 0 fully saturated rings. The van der Waals surface area contributed by atoms with E-state index in [0.717, 1.165) is 17.3 Å². The van der Waals surface area contributed by atoms with Gasteiger partial charge in [0.2, 0.25) is 0 Å². The Bertz CT molecular complexity index is 550. The SMILES string of the molecule is CNC(C)c1nnc(-c2ccc(C(F)(F)F)cn2)s1. The van der Waals surface area contributed by atoms with Gasteiger partial charge in [-0.3, -0.25) is 4.98 Å². The minimum atomic E-state index is -4.38. The molecule has 2 aromatic heterocycles. The fourth-order valence-corrected chi connectivity index (χ4v) is 2.21. The molecule has 0 saturated carbocycles. The highest BCUT2D eigenvalue weighted by atomic mass is 32.1. The van der Waals surface area contributed by atoms with E-state index in [2.05, 4.69) is 20.5 Å². The number of rotatable bonds is 3. The fourth-order valence-electron chi connectivity index (χ4n) is 1.32. The van der Waals surface area contributed by atoms with Gasteiger partial charge in [-0.1, -0.05) is 11.3 Å². The average Bonchev–Trinajstić information content (AvgIpc) is 2.86. The Morgan fingerprint density at radius 2 is 2.00 bits per heavy atom. The van der Waals surface area contributed by atoms with Crippen molar-refractivity contribution in [2.24, 2.45) is 0 Å². The molecule has 2 heterocycles. The molecule has 1 atom stereocenters. The molecule has 1 N–H and O–H groups in total. The number of hydrogen-bond donors (Lipinski definition) is 1. The van der Waals surface area contributed by atoms with Crippen molar-refractivity contribution >= 4 is 11.3 Å². The molecule has 0 aromatic carbocycles. The lowest BCUT2D eigenvalue weighted by Gasteiger charge is -2.05. The second-order valence-corrected chi connectivity index (χ2v) is 4.89. The molecule has 0 spiro atoms. The highest BCUT2D eigenvalue weighted by Crippen LogP contribution is 2.30. The molecule has 0 amide bonds. The second kappa shape index (κ2) is 5.22. The van der Waals surface area contributed by atoms with E-state index < -0.39 is 11.7 Å². The van der Waals surface area contributed by atoms with Crippen LogP contribution in [-0.2, 0) is 6.18 Å². The molecular weight excluding hydrogens is 277 g/mol. The Hall–Kier alpha value is -1.54. The van der Waals surface area contributed by atoms with Crippen LogP contribution in [0.2, 0.25) is 0 Å². The molecular formula is C11H11F3N4S. The van der Waals surface area contributed by atoms with Crippen molar-refractivity contribution in [2.75, 3.05) is 7.05 Å². The van der Waals surface area contributed by atoms with Crippen molar-refractivity contribution in [1.29, 1.82) is 0 Å². The highest BCUT2D eigenvalue weighted by molar-refractivity contribution is 7.14. The molecule has 19 heavy (non-hydrogen) atoms. The van der Waals surface area contributed by atoms with Crippen molar-refractivity contribution in [3.05, 3.63) is 28.9 Å². The summed E-state index contributed by atoms with van der Waals surface area (Å²) in [5.74, 6) is 0. The van der Waals surface area contributed by atoms with Crippen LogP contribution in [0.3, 0.4) is 0 Å². The summed E-state index contributed by atoms with van der Waals surface area (Å²) in [6.07, 6.45) is -3.57. The summed E-state index contributed by atoms with van der Waals surface area (Å²) in [6, 6.07) is 2.34. The maximum Gasteiger partial charge on any atom is 0.417 e. The summed E-state index contributed by atoms with van der Waals surface area (Å²) >= 11 is 1.30. The van der Waals surface area contributed by atoms with Gasteiger partial charge in [0.1, 0.15) is 10.7 Å². The zero-order valence-electron chi connectivity index (χ0n) is 10.2. The number of hydrogen-bond acceptors (Lipinski definition) is 5. The second-order valence-electron chi connectivity index (χ2n) is 3.89. The Morgan fingerprint density at radius 1 is 1.26 bits per heavy atom. The lowest BCUT2D eigenvalue weighted by molar-refractivity contribution is -0.137. The normalized spacial score (nSPS) is 13.5. The van der Waals surface area contributed by atoms with E-state index in [1.54, 1.807) is 7.05 Å². The van der Waals surface area contributed by atoms with Gasteiger partial charge < -0.3 is 5.32 Å². The minimum Gasteiger partial charge on any atom is -0.311 e. The molecule has 0 saturated heterocycles. The van der Waals surface area contributed by atoms with Crippen molar-refractivity contribution in [3.8, 4) is 10.7 Å². The summed E-state index contributed by atoms with van der Waals surface area (Å²) in [5.41, 5.74) is -0.385. The van der Waals surface area contributed by atoms with Crippen LogP contribution in [0.15, 0.2) is 18.3 Å². The van der Waals surface area contributed by atoms with Crippen LogP contribution in [0.5, 0.6) is 0 Å². The van der Waals surface area contributed by atoms with E-state index in [1.165, 1.54) is 17.4 Å². The van der Waals surface area contributed by atoms with Crippen molar-refractivity contribution in [1.82, 2.24) is 20.5 Å². The first-order chi connectivity index (χ1) is 8.91. The van der Waals surface area contributed by atoms with Crippen molar-refractivity contribution in [3.63, 3.8) is 0 Å². The van der Waals surface area contributed by atoms with Gasteiger partial charge in [-0.2, -0.15) is 13.2 Å². The summed E-state index contributed by atoms with van der Waals surface area (Å²) in [4.78, 5) is 3.78. The largest absolute Gasteiger partial charge is 0.417 e. The third kappa shape index (κ3) is 3.07. The summed E-state index contributed by atoms with van der Waals surface area (Å²) in [7, 11) is 1.79. The number of nitrogens with one attached hydrogen (secondary N) is 1. The number of nitrogens with zero attached hydrogens (tertiary/aromatic N) is 3. The molecule has 0 aliphatic heterocycles. The van der Waals surface area contributed by atoms with Crippen LogP contribution in [0.25, 0.3) is 10.7 Å². The summed E-state index contributed by atoms with van der Waals surface area (Å²) in [6.45, 7) is 1.92. The topological polar surface area (TPSA) is 50.7 Å². The van der Waals surface area contributed by atoms with Gasteiger partial charge in [-0.15, -0.1) is 10.2 Å². The first-order valence-corrected chi connectivity index (χ1v) is 6.27. The first-order valence-electron chi connectivity index (χ1n) is 5.46. The smallest absolute Gasteiger partial charge is 0.311 e. The van der Waals surface area contributed by atoms with E-state index in [4.69, 9.17) is 0 Å². The number of aromatic nitrogens is 3. The summed E-state index contributed by atoms with van der Waals surface area (Å²) in [5, 5.41) is 12.2. The minimum absolute atomic E-state index is 0.0423. The van der Waals surface area contributed by atoms with Crippen LogP contribution in [0, 0.1) is 0 Å². The Morgan fingerprint density at radius 3 is 2.53 bits per heavy atom. The lowest BCUT2D eigenvalue weighted by atomic mass is 10.2. The van der Waals surface area contributed by atoms with E-state index in [1.807, 2.05) is 6.92 Å². The maximum absolute atomic E-state index is 12.4. The highest BCUT2D eigenvalue weighted by Gasteiger charge is 2.30. The summed E-state index contributed by atoms with van der Waals surface area (Å²) < 4.78 is 37.2. The third-order valence-corrected chi connectivity index (χ3v) is 3.68. The Kier molecular flexibility index (Phi) is 3.81. The molecule has 4 nitrogen and oxygen atoms in total. The number of alkyl halides is 3. The molecule has 102 valence electrons. The van der Waals surface area contributed by atoms with Gasteiger partial charge >= 0.3 is 6.18 Å². The van der Waals surface area contributed by atoms with E-state index in [9.17, 15) is 13.2 Å². The van der Waals surface area contributed by atoms with E-state index in [-0.39, 0.29) is 6.04 Å². The standard InChI is InChI=1S/C11H11F3N4S/c1-6(15-2)9-17-18-10(19-9)8-4-3-7(5-16-8)11(12,13)14/h3-6,15H,1-2H3. The van der Waals surface area contributed by atoms with Gasteiger partial charge in [-0.25, -0.2) is 0 Å². The molecule has 8 heteroatoms. The average molecular weight is 288 g/mol. The van der Waals surface area contributed by atoms with E-state index in [0.29, 0.717) is 10.7 Å². The van der Waals surface area contributed by atoms with Crippen LogP contribution >= 0.6 is 11.3 Å². The van der Waals surface area contributed by atoms with Crippen molar-refractivity contribution in [2.45, 2.75) is 19.1 Å². The first kappa shape index (κ1) is 13.9. The zero-order valence-corrected chi connectivity index (χ0v) is 11.0. The van der Waals surface area contributed by atoms with Crippen LogP contribution in [0.4, 0.5) is 13.2 Å². The van der Waals surface area contributed by atoms with Gasteiger partial charge in [-0.05, 0) is 26.1 Å². The Balaban J connectivity index is 2.25. The Labute approximate surface area is 111 Å². The fraction of sp³-hybridized carbons (Fsp3) is 0.364. The van der Waals surface area contributed by atoms with Gasteiger partial charge in [0.05, 0.1) is 11.6 Å². The predicted molar refractivity (Wildman–Crippen MR) is 65.6 cm³/mol. The van der Waals surface area contributed by atoms with Crippen LogP contribution in [-0.4, -0.2) is 22.2 Å². The monoisotopic (exact) mass is 288 g/mol. The zero-order chi connectivity index (χ0) is 14.0. The molecule has 0 aliphatic rings. The van der Waals surface area contributed by atoms with Gasteiger partial charge in [0, 0.05) is 6.20 Å². The van der Waals surface area contributed by atoms with Crippen LogP contribution < -0.4 is 5.32 Å². The number of pyridine rings is 1. The molecule has 2 rings (SSSR count). The number of halogens is 3. The molecule has 0 radical (unpaired) electrons. The predicted octanol–water partition coefficient (Wildman–Crippen LogP) is 2.90. The third-order valence-electron chi connectivity index (χ3n) is 2.55. The quantitative estimate of drug-likeness (QED) is 0.943. The molecule has 1 unspecified atom stereocenters. The van der Waals surface area contributed by atoms with Crippen molar-refractivity contribution < 1.29 is 13.2 Å². The molecule has 0 bridgehead atoms. The van der Waals surface area contributed by atoms with Gasteiger partial charge in [0.25, 0.3) is 0 Å². The maximum atomic E-state index is 12.4. The van der Waals surface area contributed by atoms with E-state index >= 15 is 0 Å². The molecule has 0 aliphatic carbocycles. The van der Waals surface area contributed by atoms with Gasteiger partial charge in [0.15, 0.2) is 5.01 Å².